The third-order valence-electron chi connectivity index (χ3n) is 3.93. The minimum Gasteiger partial charge on any atom is -0.289 e. The van der Waals surface area contributed by atoms with Crippen LogP contribution in [0.5, 0.6) is 0 Å². The molecule has 0 fully saturated rings. The molecular weight excluding hydrogens is 305 g/mol. The quantitative estimate of drug-likeness (QED) is 0.561. The number of halogens is 1. The third kappa shape index (κ3) is 3.34. The maximum atomic E-state index is 13.0. The van der Waals surface area contributed by atoms with Gasteiger partial charge in [0.15, 0.2) is 0 Å². The molecule has 3 aromatic rings. The van der Waals surface area contributed by atoms with Crippen LogP contribution >= 0.6 is 0 Å². The summed E-state index contributed by atoms with van der Waals surface area (Å²) in [6, 6.07) is 22.9. The predicted octanol–water partition coefficient (Wildman–Crippen LogP) is 4.13. The predicted molar refractivity (Wildman–Crippen MR) is 90.1 cm³/mol. The van der Waals surface area contributed by atoms with E-state index in [0.717, 1.165) is 22.3 Å². The van der Waals surface area contributed by atoms with E-state index in [1.54, 1.807) is 17.6 Å². The molecular formula is C20H16FNO2. The van der Waals surface area contributed by atoms with Gasteiger partial charge < -0.3 is 0 Å². The summed E-state index contributed by atoms with van der Waals surface area (Å²) in [6.45, 7) is 0. The minimum atomic E-state index is -0.599. The summed E-state index contributed by atoms with van der Waals surface area (Å²) in [7, 11) is 0. The molecule has 24 heavy (non-hydrogen) atoms. The van der Waals surface area contributed by atoms with Crippen molar-refractivity contribution in [2.75, 3.05) is 0 Å². The summed E-state index contributed by atoms with van der Waals surface area (Å²) in [5, 5.41) is 9.05. The van der Waals surface area contributed by atoms with Crippen LogP contribution in [0.3, 0.4) is 0 Å². The van der Waals surface area contributed by atoms with Crippen molar-refractivity contribution < 1.29 is 14.4 Å². The second kappa shape index (κ2) is 7.06. The van der Waals surface area contributed by atoms with E-state index in [1.807, 2.05) is 54.6 Å². The van der Waals surface area contributed by atoms with Gasteiger partial charge in [0.25, 0.3) is 5.91 Å². The number of hydroxylamine groups is 1. The van der Waals surface area contributed by atoms with E-state index in [2.05, 4.69) is 0 Å². The molecule has 0 bridgehead atoms. The number of hydrogen-bond acceptors (Lipinski definition) is 2. The summed E-state index contributed by atoms with van der Waals surface area (Å²) < 4.78 is 13.0. The molecule has 1 unspecified atom stereocenters. The highest BCUT2D eigenvalue weighted by Crippen LogP contribution is 2.27. The molecule has 3 aromatic carbocycles. The van der Waals surface area contributed by atoms with Gasteiger partial charge in [-0.1, -0.05) is 66.7 Å². The van der Waals surface area contributed by atoms with Crippen LogP contribution < -0.4 is 5.48 Å². The summed E-state index contributed by atoms with van der Waals surface area (Å²) in [5.41, 5.74) is 5.11. The normalized spacial score (nSPS) is 11.8. The van der Waals surface area contributed by atoms with Gasteiger partial charge >= 0.3 is 0 Å². The molecule has 0 saturated carbocycles. The Morgan fingerprint density at radius 3 is 1.83 bits per heavy atom. The van der Waals surface area contributed by atoms with Crippen molar-refractivity contribution >= 4 is 5.91 Å². The number of carbonyl (C=O) groups is 1. The topological polar surface area (TPSA) is 49.3 Å². The molecule has 4 heteroatoms. The standard InChI is InChI=1S/C20H16FNO2/c21-18-12-10-15(11-13-18)14-6-8-17(9-7-14)19(20(23)22-24)16-4-2-1-3-5-16/h1-13,19,24H,(H,22,23). The van der Waals surface area contributed by atoms with Gasteiger partial charge in [0.2, 0.25) is 0 Å². The van der Waals surface area contributed by atoms with E-state index in [9.17, 15) is 9.18 Å². The minimum absolute atomic E-state index is 0.279. The van der Waals surface area contributed by atoms with Gasteiger partial charge in [0.1, 0.15) is 5.82 Å². The lowest BCUT2D eigenvalue weighted by Crippen LogP contribution is -2.27. The maximum absolute atomic E-state index is 13.0. The van der Waals surface area contributed by atoms with Gasteiger partial charge in [0.05, 0.1) is 5.92 Å². The Kier molecular flexibility index (Phi) is 4.68. The smallest absolute Gasteiger partial charge is 0.255 e. The highest BCUT2D eigenvalue weighted by Gasteiger charge is 2.22. The highest BCUT2D eigenvalue weighted by atomic mass is 19.1. The van der Waals surface area contributed by atoms with E-state index < -0.39 is 11.8 Å². The Hall–Kier alpha value is -2.98. The van der Waals surface area contributed by atoms with Crippen molar-refractivity contribution in [1.82, 2.24) is 5.48 Å². The van der Waals surface area contributed by atoms with Gasteiger partial charge in [-0.3, -0.25) is 10.0 Å². The van der Waals surface area contributed by atoms with E-state index >= 15 is 0 Å². The fourth-order valence-electron chi connectivity index (χ4n) is 2.72. The van der Waals surface area contributed by atoms with Crippen molar-refractivity contribution in [3.63, 3.8) is 0 Å². The van der Waals surface area contributed by atoms with Crippen LogP contribution in [0.2, 0.25) is 0 Å². The molecule has 1 atom stereocenters. The van der Waals surface area contributed by atoms with E-state index in [0.29, 0.717) is 0 Å². The number of nitrogens with one attached hydrogen (secondary N) is 1. The fourth-order valence-corrected chi connectivity index (χ4v) is 2.72. The van der Waals surface area contributed by atoms with Crippen molar-refractivity contribution in [3.8, 4) is 11.1 Å². The first-order valence-corrected chi connectivity index (χ1v) is 7.54. The fraction of sp³-hybridized carbons (Fsp3) is 0.0500. The summed E-state index contributed by atoms with van der Waals surface area (Å²) in [6.07, 6.45) is 0. The number of benzene rings is 3. The third-order valence-corrected chi connectivity index (χ3v) is 3.93. The van der Waals surface area contributed by atoms with Gasteiger partial charge in [-0.2, -0.15) is 0 Å². The van der Waals surface area contributed by atoms with Crippen LogP contribution in [0.1, 0.15) is 17.0 Å². The monoisotopic (exact) mass is 321 g/mol. The molecule has 0 aromatic heterocycles. The molecule has 0 spiro atoms. The Morgan fingerprint density at radius 2 is 1.29 bits per heavy atom. The summed E-state index contributed by atoms with van der Waals surface area (Å²) in [4.78, 5) is 12.1. The van der Waals surface area contributed by atoms with Crippen LogP contribution in [0.4, 0.5) is 4.39 Å². The SMILES string of the molecule is O=C(NO)C(c1ccccc1)c1ccc(-c2ccc(F)cc2)cc1. The first-order chi connectivity index (χ1) is 11.7. The van der Waals surface area contributed by atoms with Crippen LogP contribution in [0.15, 0.2) is 78.9 Å². The van der Waals surface area contributed by atoms with Gasteiger partial charge in [-0.15, -0.1) is 0 Å². The van der Waals surface area contributed by atoms with Crippen LogP contribution in [0, 0.1) is 5.82 Å². The van der Waals surface area contributed by atoms with Crippen molar-refractivity contribution in [2.45, 2.75) is 5.92 Å². The Balaban J connectivity index is 1.95. The number of amides is 1. The average Bonchev–Trinajstić information content (AvgIpc) is 2.64. The Labute approximate surface area is 139 Å². The Bertz CT molecular complexity index is 815. The lowest BCUT2D eigenvalue weighted by molar-refractivity contribution is -0.129. The first-order valence-electron chi connectivity index (χ1n) is 7.54. The number of hydrogen-bond donors (Lipinski definition) is 2. The molecule has 120 valence electrons. The van der Waals surface area contributed by atoms with Crippen molar-refractivity contribution in [3.05, 3.63) is 95.8 Å². The molecule has 0 aliphatic carbocycles. The molecule has 0 aliphatic heterocycles. The molecule has 0 radical (unpaired) electrons. The van der Waals surface area contributed by atoms with Crippen LogP contribution in [0.25, 0.3) is 11.1 Å². The zero-order chi connectivity index (χ0) is 16.9. The zero-order valence-electron chi connectivity index (χ0n) is 12.8. The average molecular weight is 321 g/mol. The largest absolute Gasteiger partial charge is 0.289 e. The second-order valence-electron chi connectivity index (χ2n) is 5.45. The molecule has 3 nitrogen and oxygen atoms in total. The first kappa shape index (κ1) is 15.9. The van der Waals surface area contributed by atoms with Crippen molar-refractivity contribution in [1.29, 1.82) is 0 Å². The maximum Gasteiger partial charge on any atom is 0.255 e. The summed E-state index contributed by atoms with van der Waals surface area (Å²) >= 11 is 0. The second-order valence-corrected chi connectivity index (χ2v) is 5.45. The number of carbonyl (C=O) groups excluding carboxylic acids is 1. The molecule has 0 heterocycles. The molecule has 2 N–H and O–H groups in total. The lowest BCUT2D eigenvalue weighted by Gasteiger charge is -2.16. The van der Waals surface area contributed by atoms with Crippen molar-refractivity contribution in [2.24, 2.45) is 0 Å². The molecule has 0 saturated heterocycles. The van der Waals surface area contributed by atoms with Gasteiger partial charge in [-0.25, -0.2) is 9.87 Å². The number of rotatable bonds is 4. The van der Waals surface area contributed by atoms with Crippen LogP contribution in [-0.4, -0.2) is 11.1 Å². The molecule has 1 amide bonds. The Morgan fingerprint density at radius 1 is 0.792 bits per heavy atom. The van der Waals surface area contributed by atoms with E-state index in [-0.39, 0.29) is 5.82 Å². The molecule has 3 rings (SSSR count). The summed E-state index contributed by atoms with van der Waals surface area (Å²) in [5.74, 6) is -1.37. The molecule has 0 aliphatic rings. The van der Waals surface area contributed by atoms with E-state index in [4.69, 9.17) is 5.21 Å². The highest BCUT2D eigenvalue weighted by molar-refractivity contribution is 5.86. The van der Waals surface area contributed by atoms with Gasteiger partial charge in [0, 0.05) is 0 Å². The van der Waals surface area contributed by atoms with Gasteiger partial charge in [-0.05, 0) is 34.4 Å². The zero-order valence-corrected chi connectivity index (χ0v) is 12.8. The van der Waals surface area contributed by atoms with Crippen LogP contribution in [-0.2, 0) is 4.79 Å². The lowest BCUT2D eigenvalue weighted by atomic mass is 9.89. The van der Waals surface area contributed by atoms with E-state index in [1.165, 1.54) is 12.1 Å².